The Morgan fingerprint density at radius 3 is 0.671 bits per heavy atom. The number of nitrogens with zero attached hydrogens (tertiary/aromatic N) is 6. The Hall–Kier alpha value is -2.84. The number of likely N-dealkylation sites (N-methyl/N-ethyl adjacent to an activating group) is 2. The maximum absolute atomic E-state index is 8.68. The molecule has 0 fully saturated rings. The van der Waals surface area contributed by atoms with E-state index in [0.717, 1.165) is 75.1 Å². The van der Waals surface area contributed by atoms with Crippen molar-refractivity contribution in [2.75, 3.05) is 71.8 Å². The molecule has 14 heteroatoms. The molecule has 0 aliphatic rings. The fraction of sp³-hybridized carbons (Fsp3) is 0.536. The standard InChI is InChI=1S/2C23H33N3.C5H12.2C2H3O.CH2Cl2.2O.2Re/c2*1-16-12-18(3)22(19(4)13-16)24-8-10-26(7)11-9-25-23-20(5)14-17(2)15-21(23)6;1-3-5-4-2;2*1-2-3;2-1-3;;;;/h2*12-15H,8-11H2,1-7H3;3-5H2,1-2H3;2*1H3;1H2;;;;/q2*-2;;2*-1;;2*-2;;. The molecule has 2 radical (unpaired) electrons. The van der Waals surface area contributed by atoms with Crippen LogP contribution in [-0.4, -0.2) is 94.2 Å². The molecule has 70 heavy (non-hydrogen) atoms. The van der Waals surface area contributed by atoms with E-state index in [4.69, 9.17) is 54.1 Å². The first kappa shape index (κ1) is 78.6. The number of carbonyl (C=O) groups excluding carboxylic acids is 2. The topological polar surface area (TPSA) is 154 Å². The van der Waals surface area contributed by atoms with E-state index in [2.05, 4.69) is 169 Å². The average Bonchev–Trinajstić information content (AvgIpc) is 3.20. The molecular formula is C56H86Cl2N6O4Re2-10. The van der Waals surface area contributed by atoms with Gasteiger partial charge >= 0.3 is 0 Å². The Bertz CT molecular complexity index is 1620. The normalized spacial score (nSPS) is 9.46. The van der Waals surface area contributed by atoms with Crippen LogP contribution in [0.4, 0.5) is 22.7 Å². The summed E-state index contributed by atoms with van der Waals surface area (Å²) in [6, 6.07) is 17.7. The summed E-state index contributed by atoms with van der Waals surface area (Å²) in [5.74, 6) is 0. The molecule has 0 atom stereocenters. The van der Waals surface area contributed by atoms with E-state index in [9.17, 15) is 0 Å². The Kier molecular flexibility index (Phi) is 53.0. The number of alkyl halides is 2. The van der Waals surface area contributed by atoms with E-state index in [1.165, 1.54) is 112 Å². The van der Waals surface area contributed by atoms with Crippen LogP contribution in [0.3, 0.4) is 0 Å². The van der Waals surface area contributed by atoms with Crippen molar-refractivity contribution in [1.82, 2.24) is 9.80 Å². The zero-order valence-electron chi connectivity index (χ0n) is 45.9. The first-order valence-corrected chi connectivity index (χ1v) is 24.4. The van der Waals surface area contributed by atoms with Crippen molar-refractivity contribution in [3.05, 3.63) is 137 Å². The first-order valence-electron chi connectivity index (χ1n) is 23.3. The summed E-state index contributed by atoms with van der Waals surface area (Å²) in [6.07, 6.45) is 7.08. The molecule has 0 saturated carbocycles. The second-order valence-corrected chi connectivity index (χ2v) is 17.8. The molecule has 0 spiro atoms. The summed E-state index contributed by atoms with van der Waals surface area (Å²) >= 11 is 9.53. The largest absolute Gasteiger partial charge is 2.00 e. The number of aryl methyl sites for hydroxylation is 12. The number of hydrogen-bond acceptors (Lipinski definition) is 4. The van der Waals surface area contributed by atoms with E-state index >= 15 is 0 Å². The van der Waals surface area contributed by atoms with Gasteiger partial charge in [0.15, 0.2) is 0 Å². The van der Waals surface area contributed by atoms with E-state index in [1.54, 1.807) is 0 Å². The molecule has 10 nitrogen and oxygen atoms in total. The maximum atomic E-state index is 8.68. The van der Waals surface area contributed by atoms with Gasteiger partial charge in [-0.25, -0.2) is 0 Å². The van der Waals surface area contributed by atoms with E-state index < -0.39 is 0 Å². The molecule has 4 aromatic carbocycles. The summed E-state index contributed by atoms with van der Waals surface area (Å²) < 4.78 is 0. The molecule has 0 N–H and O–H groups in total. The molecule has 0 unspecified atom stereocenters. The molecule has 0 aliphatic heterocycles. The predicted molar refractivity (Wildman–Crippen MR) is 295 cm³/mol. The maximum Gasteiger partial charge on any atom is 0.0967 e. The van der Waals surface area contributed by atoms with Crippen LogP contribution in [0.25, 0.3) is 21.3 Å². The molecule has 0 amide bonds. The fourth-order valence-corrected chi connectivity index (χ4v) is 7.59. The molecule has 4 rings (SSSR count). The van der Waals surface area contributed by atoms with Crippen LogP contribution in [0.2, 0.25) is 0 Å². The third-order valence-electron chi connectivity index (χ3n) is 10.3. The Morgan fingerprint density at radius 2 is 0.557 bits per heavy atom. The van der Waals surface area contributed by atoms with Gasteiger partial charge < -0.3 is 51.6 Å². The van der Waals surface area contributed by atoms with Crippen LogP contribution in [0.5, 0.6) is 0 Å². The number of rotatable bonds is 18. The Labute approximate surface area is 464 Å². The number of hydrogen-bond donors (Lipinski definition) is 0. The molecule has 0 aliphatic carbocycles. The van der Waals surface area contributed by atoms with Crippen molar-refractivity contribution < 1.29 is 61.4 Å². The van der Waals surface area contributed by atoms with Crippen molar-refractivity contribution in [2.45, 2.75) is 130 Å². The van der Waals surface area contributed by atoms with E-state index in [0.29, 0.717) is 0 Å². The molecule has 402 valence electrons. The fourth-order valence-electron chi connectivity index (χ4n) is 7.59. The van der Waals surface area contributed by atoms with Crippen LogP contribution in [0.1, 0.15) is 114 Å². The summed E-state index contributed by atoms with van der Waals surface area (Å²) in [5, 5.41) is 19.5. The second-order valence-electron chi connectivity index (χ2n) is 17.0. The monoisotopic (exact) mass is 1350 g/mol. The third-order valence-corrected chi connectivity index (χ3v) is 10.3. The zero-order chi connectivity index (χ0) is 50.8. The summed E-state index contributed by atoms with van der Waals surface area (Å²) in [7, 11) is 4.30. The van der Waals surface area contributed by atoms with Gasteiger partial charge in [0.05, 0.1) is 5.34 Å². The van der Waals surface area contributed by atoms with Gasteiger partial charge in [-0.2, -0.15) is 13.8 Å². The Morgan fingerprint density at radius 1 is 0.414 bits per heavy atom. The van der Waals surface area contributed by atoms with Gasteiger partial charge in [-0.15, -0.1) is 72.1 Å². The van der Waals surface area contributed by atoms with Crippen LogP contribution in [-0.2, 0) is 61.4 Å². The molecule has 0 bridgehead atoms. The van der Waals surface area contributed by atoms with Crippen LogP contribution < -0.4 is 0 Å². The smallest absolute Gasteiger partial charge is 0.0967 e. The van der Waals surface area contributed by atoms with Gasteiger partial charge in [-0.05, 0) is 123 Å². The zero-order valence-corrected chi connectivity index (χ0v) is 52.9. The quantitative estimate of drug-likeness (QED) is 0.0718. The van der Waals surface area contributed by atoms with Gasteiger partial charge in [-0.3, -0.25) is 12.6 Å². The molecule has 0 saturated heterocycles. The SMILES string of the molecule is CCCCC.C[C-]=O.C[C-]=O.Cc1cc(C)c([N-]CCN(C)CC[N-]c2c(C)cc(C)cc2C)c(C)c1.Cc1cc(C)c([N-]CCN(C)CC[N-]c2c(C)cc(C)cc2C)c(C)c1.ClCCl.[O-2].[O-2].[Re].[Re]. The number of benzene rings is 4. The summed E-state index contributed by atoms with van der Waals surface area (Å²) in [5.41, 5.74) is 20.0. The van der Waals surface area contributed by atoms with Gasteiger partial charge in [0.25, 0.3) is 0 Å². The second kappa shape index (κ2) is 47.2. The minimum atomic E-state index is 0. The molecular weight excluding hydrogens is 1260 g/mol. The van der Waals surface area contributed by atoms with Crippen LogP contribution in [0, 0.1) is 83.1 Å². The molecule has 0 aromatic heterocycles. The van der Waals surface area contributed by atoms with Gasteiger partial charge in [0.2, 0.25) is 0 Å². The van der Waals surface area contributed by atoms with Crippen molar-refractivity contribution in [1.29, 1.82) is 0 Å². The first-order chi connectivity index (χ1) is 31.2. The third kappa shape index (κ3) is 35.3. The van der Waals surface area contributed by atoms with E-state index in [-0.39, 0.29) is 57.1 Å². The minimum absolute atomic E-state index is 0. The number of unbranched alkanes of at least 4 members (excludes halogenated alkanes) is 2. The van der Waals surface area contributed by atoms with Gasteiger partial charge in [0, 0.05) is 40.8 Å². The van der Waals surface area contributed by atoms with Crippen molar-refractivity contribution in [3.8, 4) is 0 Å². The average molecular weight is 1350 g/mol. The van der Waals surface area contributed by atoms with Crippen molar-refractivity contribution >= 4 is 58.5 Å². The van der Waals surface area contributed by atoms with Crippen molar-refractivity contribution in [2.24, 2.45) is 0 Å². The van der Waals surface area contributed by atoms with Gasteiger partial charge in [0.1, 0.15) is 0 Å². The van der Waals surface area contributed by atoms with E-state index in [1.807, 2.05) is 0 Å². The Balaban J connectivity index is -0.000000221. The summed E-state index contributed by atoms with van der Waals surface area (Å²) in [4.78, 5) is 22.0. The van der Waals surface area contributed by atoms with Crippen LogP contribution >= 0.6 is 23.2 Å². The summed E-state index contributed by atoms with van der Waals surface area (Å²) in [6.45, 7) is 39.9. The van der Waals surface area contributed by atoms with Gasteiger partial charge in [-0.1, -0.05) is 148 Å². The molecule has 4 aromatic rings. The number of halogens is 2. The minimum Gasteiger partial charge on any atom is -2.00 e. The molecule has 0 heterocycles. The van der Waals surface area contributed by atoms with Crippen LogP contribution in [0.15, 0.2) is 48.5 Å². The van der Waals surface area contributed by atoms with Crippen molar-refractivity contribution in [3.63, 3.8) is 0 Å². The predicted octanol–water partition coefficient (Wildman–Crippen LogP) is 16.0.